The van der Waals surface area contributed by atoms with Gasteiger partial charge in [0.25, 0.3) is 5.91 Å². The third-order valence-electron chi connectivity index (χ3n) is 5.66. The van der Waals surface area contributed by atoms with E-state index >= 15 is 0 Å². The molecule has 2 heterocycles. The highest BCUT2D eigenvalue weighted by Gasteiger charge is 2.42. The van der Waals surface area contributed by atoms with Gasteiger partial charge >= 0.3 is 0 Å². The first kappa shape index (κ1) is 23.6. The quantitative estimate of drug-likeness (QED) is 0.533. The van der Waals surface area contributed by atoms with Gasteiger partial charge in [0.2, 0.25) is 5.91 Å². The Morgan fingerprint density at radius 3 is 2.50 bits per heavy atom. The highest BCUT2D eigenvalue weighted by atomic mass is 32.2. The van der Waals surface area contributed by atoms with Gasteiger partial charge in [-0.05, 0) is 42.0 Å². The first-order chi connectivity index (χ1) is 16.6. The fourth-order valence-electron chi connectivity index (χ4n) is 3.93. The van der Waals surface area contributed by atoms with Crippen LogP contribution in [0.5, 0.6) is 11.5 Å². The van der Waals surface area contributed by atoms with Crippen LogP contribution in [-0.4, -0.2) is 54.3 Å². The van der Waals surface area contributed by atoms with E-state index in [1.54, 1.807) is 49.2 Å². The minimum atomic E-state index is -0.598. The van der Waals surface area contributed by atoms with Crippen LogP contribution in [0.15, 0.2) is 72.9 Å². The van der Waals surface area contributed by atoms with Crippen LogP contribution in [0.4, 0.5) is 0 Å². The van der Waals surface area contributed by atoms with E-state index in [0.717, 1.165) is 11.3 Å². The van der Waals surface area contributed by atoms with Crippen molar-refractivity contribution in [1.29, 1.82) is 0 Å². The zero-order chi connectivity index (χ0) is 23.9. The maximum Gasteiger partial charge on any atom is 0.255 e. The topological polar surface area (TPSA) is 80.8 Å². The lowest BCUT2D eigenvalue weighted by molar-refractivity contribution is -0.124. The predicted octanol–water partition coefficient (Wildman–Crippen LogP) is 3.71. The summed E-state index contributed by atoms with van der Waals surface area (Å²) < 4.78 is 10.8. The van der Waals surface area contributed by atoms with Crippen LogP contribution in [0.1, 0.15) is 27.0 Å². The second-order valence-electron chi connectivity index (χ2n) is 7.76. The molecule has 0 radical (unpaired) electrons. The lowest BCUT2D eigenvalue weighted by Gasteiger charge is -2.29. The maximum atomic E-state index is 13.6. The van der Waals surface area contributed by atoms with E-state index in [1.165, 1.54) is 0 Å². The summed E-state index contributed by atoms with van der Waals surface area (Å²) in [7, 11) is 3.16. The smallest absolute Gasteiger partial charge is 0.255 e. The van der Waals surface area contributed by atoms with Crippen LogP contribution in [0, 0.1) is 0 Å². The predicted molar refractivity (Wildman–Crippen MR) is 132 cm³/mol. The molecular weight excluding hydrogens is 450 g/mol. The van der Waals surface area contributed by atoms with Crippen LogP contribution in [0.2, 0.25) is 0 Å². The summed E-state index contributed by atoms with van der Waals surface area (Å²) in [6.45, 7) is 0.450. The molecule has 7 nitrogen and oxygen atoms in total. The van der Waals surface area contributed by atoms with Crippen molar-refractivity contribution < 1.29 is 19.1 Å². The van der Waals surface area contributed by atoms with E-state index in [-0.39, 0.29) is 17.2 Å². The van der Waals surface area contributed by atoms with Gasteiger partial charge in [0.1, 0.15) is 11.4 Å². The van der Waals surface area contributed by atoms with Crippen molar-refractivity contribution >= 4 is 23.6 Å². The van der Waals surface area contributed by atoms with Crippen molar-refractivity contribution in [2.75, 3.05) is 26.5 Å². The Balaban J connectivity index is 1.57. The summed E-state index contributed by atoms with van der Waals surface area (Å²) in [5.41, 5.74) is 2.32. The highest BCUT2D eigenvalue weighted by molar-refractivity contribution is 7.99. The Morgan fingerprint density at radius 2 is 1.79 bits per heavy atom. The van der Waals surface area contributed by atoms with Crippen molar-refractivity contribution in [2.24, 2.45) is 0 Å². The number of nitrogens with one attached hydrogen (secondary N) is 1. The third kappa shape index (κ3) is 5.17. The van der Waals surface area contributed by atoms with Crippen molar-refractivity contribution in [2.45, 2.75) is 17.8 Å². The summed E-state index contributed by atoms with van der Waals surface area (Å²) in [5, 5.41) is 2.66. The Bertz CT molecular complexity index is 1130. The minimum absolute atomic E-state index is 0.171. The van der Waals surface area contributed by atoms with Crippen molar-refractivity contribution in [1.82, 2.24) is 15.2 Å². The number of ether oxygens (including phenoxy) is 2. The molecule has 2 aromatic carbocycles. The SMILES string of the molecule is COc1ccc(C2SCC(C(=O)NCCc3ccccn3)N2C(=O)c2ccccc2)cc1OC. The maximum absolute atomic E-state index is 13.6. The van der Waals surface area contributed by atoms with Gasteiger partial charge < -0.3 is 19.7 Å². The molecule has 3 aromatic rings. The van der Waals surface area contributed by atoms with Gasteiger partial charge in [-0.3, -0.25) is 14.6 Å². The van der Waals surface area contributed by atoms with Gasteiger partial charge in [-0.15, -0.1) is 11.8 Å². The lowest BCUT2D eigenvalue weighted by Crippen LogP contribution is -2.48. The van der Waals surface area contributed by atoms with E-state index < -0.39 is 6.04 Å². The average molecular weight is 478 g/mol. The molecule has 1 aliphatic heterocycles. The van der Waals surface area contributed by atoms with Crippen LogP contribution >= 0.6 is 11.8 Å². The van der Waals surface area contributed by atoms with E-state index in [2.05, 4.69) is 10.3 Å². The zero-order valence-corrected chi connectivity index (χ0v) is 20.0. The first-order valence-electron chi connectivity index (χ1n) is 11.0. The summed E-state index contributed by atoms with van der Waals surface area (Å²) >= 11 is 1.56. The third-order valence-corrected chi connectivity index (χ3v) is 6.98. The van der Waals surface area contributed by atoms with Gasteiger partial charge in [-0.2, -0.15) is 0 Å². The Labute approximate surface area is 203 Å². The normalized spacial score (nSPS) is 17.3. The van der Waals surface area contributed by atoms with Crippen molar-refractivity contribution in [3.05, 3.63) is 89.7 Å². The number of carbonyl (C=O) groups excluding carboxylic acids is 2. The van der Waals surface area contributed by atoms with Gasteiger partial charge in [-0.1, -0.05) is 30.3 Å². The molecule has 2 unspecified atom stereocenters. The van der Waals surface area contributed by atoms with Crippen LogP contribution < -0.4 is 14.8 Å². The second kappa shape index (κ2) is 11.1. The van der Waals surface area contributed by atoms with E-state index in [4.69, 9.17) is 9.47 Å². The molecule has 1 aliphatic rings. The lowest BCUT2D eigenvalue weighted by atomic mass is 10.1. The van der Waals surface area contributed by atoms with E-state index in [1.807, 2.05) is 54.6 Å². The molecule has 0 bridgehead atoms. The Kier molecular flexibility index (Phi) is 7.69. The molecule has 0 aliphatic carbocycles. The number of rotatable bonds is 8. The summed E-state index contributed by atoms with van der Waals surface area (Å²) in [5.74, 6) is 1.33. The molecule has 2 amide bonds. The Hall–Kier alpha value is -3.52. The number of carbonyl (C=O) groups is 2. The molecule has 1 fully saturated rings. The fraction of sp³-hybridized carbons (Fsp3) is 0.269. The molecule has 1 aromatic heterocycles. The minimum Gasteiger partial charge on any atom is -0.493 e. The molecule has 4 rings (SSSR count). The first-order valence-corrected chi connectivity index (χ1v) is 12.1. The number of amides is 2. The van der Waals surface area contributed by atoms with Gasteiger partial charge in [0.15, 0.2) is 11.5 Å². The molecule has 0 spiro atoms. The highest BCUT2D eigenvalue weighted by Crippen LogP contribution is 2.44. The molecule has 0 saturated carbocycles. The fourth-order valence-corrected chi connectivity index (χ4v) is 5.35. The number of aromatic nitrogens is 1. The largest absolute Gasteiger partial charge is 0.493 e. The van der Waals surface area contributed by atoms with Crippen molar-refractivity contribution in [3.63, 3.8) is 0 Å². The second-order valence-corrected chi connectivity index (χ2v) is 8.87. The number of thioether (sulfide) groups is 1. The van der Waals surface area contributed by atoms with Crippen LogP contribution in [0.25, 0.3) is 0 Å². The van der Waals surface area contributed by atoms with Gasteiger partial charge in [-0.25, -0.2) is 0 Å². The zero-order valence-electron chi connectivity index (χ0n) is 19.1. The van der Waals surface area contributed by atoms with Crippen LogP contribution in [-0.2, 0) is 11.2 Å². The van der Waals surface area contributed by atoms with Gasteiger partial charge in [0.05, 0.1) is 14.2 Å². The molecule has 8 heteroatoms. The molecule has 2 atom stereocenters. The molecule has 1 N–H and O–H groups in total. The summed E-state index contributed by atoms with van der Waals surface area (Å²) in [6, 6.07) is 19.8. The number of methoxy groups -OCH3 is 2. The molecular formula is C26H27N3O4S. The number of nitrogens with zero attached hydrogens (tertiary/aromatic N) is 2. The summed E-state index contributed by atoms with van der Waals surface area (Å²) in [6.07, 6.45) is 2.36. The monoisotopic (exact) mass is 477 g/mol. The van der Waals surface area contributed by atoms with E-state index in [9.17, 15) is 9.59 Å². The number of pyridine rings is 1. The summed E-state index contributed by atoms with van der Waals surface area (Å²) in [4.78, 5) is 32.8. The average Bonchev–Trinajstić information content (AvgIpc) is 3.34. The van der Waals surface area contributed by atoms with E-state index in [0.29, 0.717) is 35.8 Å². The Morgan fingerprint density at radius 1 is 1.03 bits per heavy atom. The molecule has 176 valence electrons. The number of benzene rings is 2. The van der Waals surface area contributed by atoms with Crippen molar-refractivity contribution in [3.8, 4) is 11.5 Å². The number of hydrogen-bond donors (Lipinski definition) is 1. The number of hydrogen-bond acceptors (Lipinski definition) is 6. The molecule has 1 saturated heterocycles. The van der Waals surface area contributed by atoms with Gasteiger partial charge in [0, 0.05) is 36.2 Å². The standard InChI is InChI=1S/C26H27N3O4S/c1-32-22-12-11-19(16-23(22)33-2)26-29(25(31)18-8-4-3-5-9-18)21(17-34-26)24(30)28-15-13-20-10-6-7-14-27-20/h3-12,14,16,21,26H,13,15,17H2,1-2H3,(H,28,30). The molecule has 34 heavy (non-hydrogen) atoms. The van der Waals surface area contributed by atoms with Crippen LogP contribution in [0.3, 0.4) is 0 Å².